The van der Waals surface area contributed by atoms with Gasteiger partial charge in [-0.2, -0.15) is 0 Å². The Morgan fingerprint density at radius 3 is 2.65 bits per heavy atom. The van der Waals surface area contributed by atoms with Gasteiger partial charge in [0.05, 0.1) is 18.4 Å². The number of aliphatic hydroxyl groups excluding tert-OH is 3. The van der Waals surface area contributed by atoms with E-state index in [9.17, 15) is 34.6 Å². The highest BCUT2D eigenvalue weighted by Gasteiger charge is 2.43. The average Bonchev–Trinajstić information content (AvgIpc) is 3.37. The van der Waals surface area contributed by atoms with Crippen LogP contribution in [0.1, 0.15) is 5.56 Å². The minimum atomic E-state index is -4.81. The number of hydrogen-bond acceptors (Lipinski definition) is 9. The highest BCUT2D eigenvalue weighted by Crippen LogP contribution is 2.37. The van der Waals surface area contributed by atoms with E-state index in [2.05, 4.69) is 19.8 Å². The normalized spacial score (nSPS) is 23.7. The van der Waals surface area contributed by atoms with Gasteiger partial charge in [0.15, 0.2) is 6.23 Å². The van der Waals surface area contributed by atoms with Crippen LogP contribution in [-0.4, -0.2) is 90.5 Å². The lowest BCUT2D eigenvalue weighted by atomic mass is 10.0. The second-order valence-corrected chi connectivity index (χ2v) is 9.24. The Kier molecular flexibility index (Phi) is 9.34. The molecule has 200 valence electrons. The number of phosphoric ester groups is 1. The van der Waals surface area contributed by atoms with Gasteiger partial charge in [0.25, 0.3) is 5.91 Å². The number of carboxylic acids is 1. The number of nitrogens with one attached hydrogen (secondary N) is 2. The summed E-state index contributed by atoms with van der Waals surface area (Å²) < 4.78 is 20.3. The number of carbonyl (C=O) groups is 2. The molecule has 1 aromatic heterocycles. The fraction of sp³-hybridized carbons (Fsp3) is 0.318. The number of hydrogen-bond donors (Lipinski definition) is 8. The predicted molar refractivity (Wildman–Crippen MR) is 129 cm³/mol. The zero-order valence-corrected chi connectivity index (χ0v) is 20.0. The number of amides is 1. The van der Waals surface area contributed by atoms with Crippen LogP contribution in [0.3, 0.4) is 0 Å². The molecule has 0 saturated carbocycles. The summed E-state index contributed by atoms with van der Waals surface area (Å²) in [5, 5.41) is 42.1. The van der Waals surface area contributed by atoms with E-state index in [-0.39, 0.29) is 12.0 Å². The van der Waals surface area contributed by atoms with Gasteiger partial charge in [0, 0.05) is 29.7 Å². The molecule has 1 aliphatic rings. The second kappa shape index (κ2) is 12.3. The second-order valence-electron chi connectivity index (χ2n) is 8.00. The Balaban J connectivity index is 1.59. The van der Waals surface area contributed by atoms with E-state index < -0.39 is 56.9 Å². The first kappa shape index (κ1) is 28.2. The molecule has 14 nitrogen and oxygen atoms in total. The summed E-state index contributed by atoms with van der Waals surface area (Å²) in [6.45, 7) is -0.689. The molecule has 2 heterocycles. The number of aromatic amines is 1. The first-order valence-electron chi connectivity index (χ1n) is 10.8. The molecule has 0 bridgehead atoms. The van der Waals surface area contributed by atoms with Gasteiger partial charge in [0.2, 0.25) is 0 Å². The number of carbonyl (C=O) groups excluding carboxylic acids is 1. The number of aliphatic imine (C=N–C) groups is 1. The summed E-state index contributed by atoms with van der Waals surface area (Å²) in [6.07, 6.45) is -0.0748. The molecule has 3 rings (SSSR count). The zero-order valence-electron chi connectivity index (χ0n) is 19.1. The topological polar surface area (TPSA) is 231 Å². The minimum absolute atomic E-state index is 0.0128. The van der Waals surface area contributed by atoms with E-state index in [0.717, 1.165) is 23.2 Å². The third-order valence-corrected chi connectivity index (χ3v) is 5.93. The van der Waals surface area contributed by atoms with Crippen LogP contribution < -0.4 is 5.32 Å². The van der Waals surface area contributed by atoms with Crippen molar-refractivity contribution in [2.75, 3.05) is 6.61 Å². The van der Waals surface area contributed by atoms with Crippen LogP contribution in [0.4, 0.5) is 0 Å². The summed E-state index contributed by atoms with van der Waals surface area (Å²) in [4.78, 5) is 48.6. The molecular formula is C22H26N3O11P. The summed E-state index contributed by atoms with van der Waals surface area (Å²) in [7, 11) is -4.81. The summed E-state index contributed by atoms with van der Waals surface area (Å²) in [6, 6.07) is 5.99. The van der Waals surface area contributed by atoms with Gasteiger partial charge in [-0.05, 0) is 23.8 Å². The third-order valence-electron chi connectivity index (χ3n) is 5.44. The Morgan fingerprint density at radius 1 is 1.24 bits per heavy atom. The summed E-state index contributed by atoms with van der Waals surface area (Å²) in [5.74, 6) is -2.15. The van der Waals surface area contributed by atoms with Gasteiger partial charge in [-0.15, -0.1) is 0 Å². The Hall–Kier alpha value is -3.36. The maximum atomic E-state index is 12.5. The third kappa shape index (κ3) is 7.57. The van der Waals surface area contributed by atoms with E-state index in [0.29, 0.717) is 11.8 Å². The van der Waals surface area contributed by atoms with Crippen LogP contribution in [0.15, 0.2) is 59.4 Å². The maximum absolute atomic E-state index is 12.5. The lowest BCUT2D eigenvalue weighted by molar-refractivity contribution is -0.141. The van der Waals surface area contributed by atoms with Crippen LogP contribution in [0.25, 0.3) is 10.9 Å². The van der Waals surface area contributed by atoms with Crippen molar-refractivity contribution in [3.05, 3.63) is 60.0 Å². The summed E-state index contributed by atoms with van der Waals surface area (Å²) in [5.41, 5.74) is 1.20. The number of phosphoric acid groups is 1. The first-order valence-corrected chi connectivity index (χ1v) is 12.4. The quantitative estimate of drug-likeness (QED) is 0.0618. The largest absolute Gasteiger partial charge is 0.515 e. The van der Waals surface area contributed by atoms with Crippen molar-refractivity contribution in [3.8, 4) is 0 Å². The number of benzene rings is 1. The number of aromatic nitrogens is 1. The molecule has 0 radical (unpaired) electrons. The van der Waals surface area contributed by atoms with Crippen molar-refractivity contribution < 1.29 is 53.6 Å². The number of fused-ring (bicyclic) bond motifs is 1. The fourth-order valence-corrected chi connectivity index (χ4v) is 3.92. The molecular weight excluding hydrogens is 513 g/mol. The molecule has 1 aromatic carbocycles. The Morgan fingerprint density at radius 2 is 1.97 bits per heavy atom. The van der Waals surface area contributed by atoms with Crippen molar-refractivity contribution in [2.45, 2.75) is 37.0 Å². The van der Waals surface area contributed by atoms with Gasteiger partial charge in [0.1, 0.15) is 24.4 Å². The number of H-pyrrole nitrogens is 1. The lowest BCUT2D eigenvalue weighted by Gasteiger charge is -2.14. The van der Waals surface area contributed by atoms with Crippen molar-refractivity contribution in [1.82, 2.24) is 10.3 Å². The van der Waals surface area contributed by atoms with Gasteiger partial charge in [-0.1, -0.05) is 18.2 Å². The van der Waals surface area contributed by atoms with E-state index in [1.807, 2.05) is 18.2 Å². The molecule has 0 unspecified atom stereocenters. The molecule has 2 aromatic rings. The van der Waals surface area contributed by atoms with Crippen LogP contribution in [-0.2, 0) is 29.8 Å². The molecule has 1 fully saturated rings. The smallest absolute Gasteiger partial charge is 0.469 e. The van der Waals surface area contributed by atoms with Crippen LogP contribution >= 0.6 is 7.82 Å². The van der Waals surface area contributed by atoms with E-state index in [4.69, 9.17) is 14.5 Å². The molecule has 15 heteroatoms. The van der Waals surface area contributed by atoms with Crippen LogP contribution in [0.5, 0.6) is 0 Å². The monoisotopic (exact) mass is 539 g/mol. The number of allylic oxidation sites excluding steroid dienone is 1. The molecule has 0 spiro atoms. The lowest BCUT2D eigenvalue weighted by Crippen LogP contribution is -2.42. The predicted octanol–water partition coefficient (Wildman–Crippen LogP) is -0.0953. The van der Waals surface area contributed by atoms with Gasteiger partial charge in [-0.3, -0.25) is 14.3 Å². The fourth-order valence-electron chi connectivity index (χ4n) is 3.58. The van der Waals surface area contributed by atoms with E-state index in [1.54, 1.807) is 12.3 Å². The van der Waals surface area contributed by atoms with Crippen molar-refractivity contribution in [2.24, 2.45) is 4.99 Å². The van der Waals surface area contributed by atoms with Crippen molar-refractivity contribution >= 4 is 36.8 Å². The number of rotatable bonds is 11. The van der Waals surface area contributed by atoms with Crippen molar-refractivity contribution in [1.29, 1.82) is 0 Å². The van der Waals surface area contributed by atoms with Gasteiger partial charge < -0.3 is 45.3 Å². The maximum Gasteiger partial charge on any atom is 0.469 e. The molecule has 1 amide bonds. The molecule has 37 heavy (non-hydrogen) atoms. The standard InChI is InChI=1S/C22H26N3O11P/c26-10-12(4-3-7-23-21-19(28)18(27)17(36-21)11-35-37(32,33)34)20(29)25-16(22(30)31)8-13-9-24-15-6-2-1-5-14(13)15/h1-7,9-10,16-19,21,24,26-28H,8,11H2,(H,25,29)(H,30,31)(H2,32,33,34)/t16-,17+,18+,19+,21+/m0/s1. The highest BCUT2D eigenvalue weighted by atomic mass is 31.2. The number of aliphatic hydroxyl groups is 3. The number of ether oxygens (including phenoxy) is 1. The molecule has 8 N–H and O–H groups in total. The number of para-hydroxylation sites is 1. The van der Waals surface area contributed by atoms with Crippen molar-refractivity contribution in [3.63, 3.8) is 0 Å². The SMILES string of the molecule is O=C(N[C@@H](Cc1c[nH]c2ccccc12)C(=O)O)C(C=CC=N[C@@H]1O[C@H](COP(=O)(O)O)[C@@H](O)[C@H]1O)=CO. The molecule has 1 saturated heterocycles. The van der Waals surface area contributed by atoms with Crippen LogP contribution in [0.2, 0.25) is 0 Å². The zero-order chi connectivity index (χ0) is 27.2. The highest BCUT2D eigenvalue weighted by molar-refractivity contribution is 7.46. The summed E-state index contributed by atoms with van der Waals surface area (Å²) >= 11 is 0. The number of nitrogens with zero attached hydrogens (tertiary/aromatic N) is 1. The molecule has 5 atom stereocenters. The van der Waals surface area contributed by atoms with E-state index >= 15 is 0 Å². The van der Waals surface area contributed by atoms with E-state index in [1.165, 1.54) is 6.08 Å². The molecule has 0 aliphatic carbocycles. The van der Waals surface area contributed by atoms with Gasteiger partial charge >= 0.3 is 13.8 Å². The Labute approximate surface area is 209 Å². The number of carboxylic acid groups (broad SMARTS) is 1. The number of aliphatic carboxylic acids is 1. The average molecular weight is 539 g/mol. The first-order chi connectivity index (χ1) is 17.5. The Bertz CT molecular complexity index is 1250. The van der Waals surface area contributed by atoms with Gasteiger partial charge in [-0.25, -0.2) is 9.36 Å². The minimum Gasteiger partial charge on any atom is -0.515 e. The molecule has 1 aliphatic heterocycles. The van der Waals surface area contributed by atoms with Crippen LogP contribution in [0, 0.1) is 0 Å².